The molecule has 18 nitrogen and oxygen atoms in total. The topological polar surface area (TPSA) is 318 Å². The number of amides is 4. The third-order valence-corrected chi connectivity index (χ3v) is 5.23. The molecule has 0 heterocycles. The van der Waals surface area contributed by atoms with Crippen molar-refractivity contribution in [2.45, 2.75) is 49.9 Å². The number of carbonyl (C=O) groups excluding carboxylic acids is 4. The van der Waals surface area contributed by atoms with E-state index < -0.39 is 84.8 Å². The van der Waals surface area contributed by atoms with Gasteiger partial charge in [0.25, 0.3) is 0 Å². The van der Waals surface area contributed by atoms with E-state index in [1.54, 1.807) is 0 Å². The second kappa shape index (κ2) is 28.8. The number of carboxylic acid groups (broad SMARTS) is 4. The van der Waals surface area contributed by atoms with Crippen LogP contribution in [-0.4, -0.2) is 117 Å². The van der Waals surface area contributed by atoms with E-state index in [-0.39, 0.29) is 68.2 Å². The van der Waals surface area contributed by atoms with Gasteiger partial charge in [0.15, 0.2) is 0 Å². The van der Waals surface area contributed by atoms with Crippen molar-refractivity contribution in [3.63, 3.8) is 0 Å². The first-order valence-corrected chi connectivity index (χ1v) is 14.4. The minimum atomic E-state index is -1.22. The van der Waals surface area contributed by atoms with Gasteiger partial charge in [0.2, 0.25) is 23.6 Å². The van der Waals surface area contributed by atoms with Crippen molar-refractivity contribution in [2.75, 3.05) is 24.6 Å². The Kier molecular flexibility index (Phi) is 32.2. The van der Waals surface area contributed by atoms with Crippen LogP contribution in [0, 0.1) is 0 Å². The van der Waals surface area contributed by atoms with Crippen molar-refractivity contribution in [3.8, 4) is 0 Å². The van der Waals surface area contributed by atoms with E-state index in [1.807, 2.05) is 0 Å². The summed E-state index contributed by atoms with van der Waals surface area (Å²) in [4.78, 5) is 87.5. The molecule has 0 spiro atoms. The number of thiol groups is 4. The first-order valence-electron chi connectivity index (χ1n) is 11.5. The molecule has 12 N–H and O–H groups in total. The summed E-state index contributed by atoms with van der Waals surface area (Å²) in [5, 5.41) is 42.7. The summed E-state index contributed by atoms with van der Waals surface area (Å²) < 4.78 is 0. The number of nitrogens with two attached hydrogens (primary N) is 2. The normalized spacial score (nSPS) is 12.3. The van der Waals surface area contributed by atoms with E-state index in [2.05, 4.69) is 69.8 Å². The van der Waals surface area contributed by atoms with E-state index in [0.29, 0.717) is 0 Å². The monoisotopic (exact) mass is 704 g/mol. The van der Waals surface area contributed by atoms with Crippen LogP contribution in [0.15, 0.2) is 0 Å². The fourth-order valence-corrected chi connectivity index (χ4v) is 2.83. The number of hydrogen-bond donors (Lipinski definition) is 14. The number of aliphatic carboxylic acids is 4. The zero-order chi connectivity index (χ0) is 33.4. The SMILES string of the molecule is N[C@@H](CCC(=O)N[C@@H](CS)C(=O)NCC(=O)O)C(=O)O.N[C@@H](CCC(=O)N[C@@H](CS)C(=O)NCC(=O)O)C(=O)O.SS.[H-].[Na+]. The maximum Gasteiger partial charge on any atom is 1.00 e. The number of carboxylic acids is 4. The number of rotatable bonds is 18. The average Bonchev–Trinajstić information content (AvgIpc) is 2.94. The van der Waals surface area contributed by atoms with Gasteiger partial charge in [0.1, 0.15) is 37.3 Å². The Hall–Kier alpha value is -1.92. The van der Waals surface area contributed by atoms with Gasteiger partial charge in [-0.2, -0.15) is 25.3 Å². The zero-order valence-electron chi connectivity index (χ0n) is 24.0. The molecular weight excluding hydrogens is 668 g/mol. The van der Waals surface area contributed by atoms with Gasteiger partial charge in [0.05, 0.1) is 0 Å². The summed E-state index contributed by atoms with van der Waals surface area (Å²) in [5.41, 5.74) is 10.5. The second-order valence-electron chi connectivity index (χ2n) is 7.80. The van der Waals surface area contributed by atoms with Crippen molar-refractivity contribution in [1.29, 1.82) is 0 Å². The fraction of sp³-hybridized carbons (Fsp3) is 0.600. The molecule has 23 heteroatoms. The number of nitrogens with one attached hydrogen (secondary N) is 4. The molecule has 0 aliphatic carbocycles. The van der Waals surface area contributed by atoms with Gasteiger partial charge < -0.3 is 54.6 Å². The molecule has 0 aliphatic rings. The predicted molar refractivity (Wildman–Crippen MR) is 162 cm³/mol. The maximum absolute atomic E-state index is 11.5. The van der Waals surface area contributed by atoms with Crippen LogP contribution in [0.25, 0.3) is 0 Å². The molecular formula is C20H37N6NaO12S4. The van der Waals surface area contributed by atoms with Crippen LogP contribution in [-0.2, 0) is 38.4 Å². The van der Waals surface area contributed by atoms with Crippen LogP contribution in [0.4, 0.5) is 0 Å². The van der Waals surface area contributed by atoms with Crippen LogP contribution in [0.2, 0.25) is 0 Å². The Balaban J connectivity index is -0.000000209. The first kappa shape index (κ1) is 48.0. The summed E-state index contributed by atoms with van der Waals surface area (Å²) in [6.45, 7) is -1.13. The van der Waals surface area contributed by atoms with E-state index >= 15 is 0 Å². The van der Waals surface area contributed by atoms with Gasteiger partial charge >= 0.3 is 53.4 Å². The molecule has 0 radical (unpaired) electrons. The molecule has 0 saturated carbocycles. The van der Waals surface area contributed by atoms with Gasteiger partial charge in [-0.25, -0.2) is 0 Å². The third-order valence-electron chi connectivity index (χ3n) is 4.50. The van der Waals surface area contributed by atoms with Crippen molar-refractivity contribution < 1.29 is 89.8 Å². The Morgan fingerprint density at radius 2 is 0.907 bits per heavy atom. The van der Waals surface area contributed by atoms with Crippen LogP contribution in [0.5, 0.6) is 0 Å². The molecule has 0 rings (SSSR count). The van der Waals surface area contributed by atoms with Gasteiger partial charge in [0, 0.05) is 24.3 Å². The zero-order valence-corrected chi connectivity index (χ0v) is 28.5. The summed E-state index contributed by atoms with van der Waals surface area (Å²) in [7, 11) is 0. The summed E-state index contributed by atoms with van der Waals surface area (Å²) in [6, 6.07) is -4.30. The Morgan fingerprint density at radius 3 is 1.12 bits per heavy atom. The van der Waals surface area contributed by atoms with Crippen LogP contribution >= 0.6 is 48.6 Å². The van der Waals surface area contributed by atoms with Crippen molar-refractivity contribution in [3.05, 3.63) is 0 Å². The maximum atomic E-state index is 11.5. The van der Waals surface area contributed by atoms with Crippen molar-refractivity contribution >= 4 is 96.1 Å². The number of carbonyl (C=O) groups is 8. The molecule has 0 aromatic heterocycles. The van der Waals surface area contributed by atoms with E-state index in [4.69, 9.17) is 31.9 Å². The number of hydrogen-bond acceptors (Lipinski definition) is 14. The predicted octanol–water partition coefficient (Wildman–Crippen LogP) is -6.53. The largest absolute Gasteiger partial charge is 1.00 e. The van der Waals surface area contributed by atoms with E-state index in [1.165, 1.54) is 0 Å². The molecule has 0 bridgehead atoms. The minimum Gasteiger partial charge on any atom is -1.00 e. The Morgan fingerprint density at radius 1 is 0.628 bits per heavy atom. The second-order valence-corrected chi connectivity index (χ2v) is 8.53. The molecule has 4 atom stereocenters. The molecule has 0 aromatic rings. The summed E-state index contributed by atoms with van der Waals surface area (Å²) >= 11 is 14.2. The standard InChI is InChI=1S/2C10H17N3O6S.Na.H2S2.H/c2*11-5(10(18)19)1-2-7(14)13-6(4-20)9(17)12-3-8(15)16;;1-2;/h2*5-6,20H,1-4,11H2,(H,12,17)(H,13,14)(H,15,16)(H,18,19);;1-2H;/q;;+1;;-1/t2*5-,6-;;;/m00.../s1. The molecule has 0 saturated heterocycles. The third kappa shape index (κ3) is 27.4. The smallest absolute Gasteiger partial charge is 1.00 e. The van der Waals surface area contributed by atoms with E-state index in [0.717, 1.165) is 0 Å². The van der Waals surface area contributed by atoms with Gasteiger partial charge in [-0.3, -0.25) is 38.4 Å². The summed E-state index contributed by atoms with van der Waals surface area (Å²) in [5.74, 6) is -7.41. The fourth-order valence-electron chi connectivity index (χ4n) is 2.31. The molecule has 0 aliphatic heterocycles. The quantitative estimate of drug-likeness (QED) is 0.0359. The summed E-state index contributed by atoms with van der Waals surface area (Å²) in [6.07, 6.45) is -0.470. The molecule has 0 aromatic carbocycles. The van der Waals surface area contributed by atoms with Gasteiger partial charge in [-0.1, -0.05) is 0 Å². The van der Waals surface area contributed by atoms with Crippen LogP contribution in [0.3, 0.4) is 0 Å². The van der Waals surface area contributed by atoms with Gasteiger partial charge in [-0.05, 0) is 12.8 Å². The Labute approximate surface area is 291 Å². The minimum absolute atomic E-state index is 0. The van der Waals surface area contributed by atoms with Crippen LogP contribution in [0.1, 0.15) is 27.1 Å². The van der Waals surface area contributed by atoms with Crippen molar-refractivity contribution in [1.82, 2.24) is 21.3 Å². The Bertz CT molecular complexity index is 872. The molecule has 0 unspecified atom stereocenters. The first-order chi connectivity index (χ1) is 19.5. The van der Waals surface area contributed by atoms with Gasteiger partial charge in [-0.15, -0.1) is 23.3 Å². The average molecular weight is 705 g/mol. The van der Waals surface area contributed by atoms with E-state index in [9.17, 15) is 38.4 Å². The van der Waals surface area contributed by atoms with Crippen LogP contribution < -0.4 is 62.3 Å². The van der Waals surface area contributed by atoms with Crippen molar-refractivity contribution in [2.24, 2.45) is 11.5 Å². The molecule has 0 fully saturated rings. The molecule has 244 valence electrons. The molecule has 4 amide bonds. The molecule has 43 heavy (non-hydrogen) atoms.